The van der Waals surface area contributed by atoms with Crippen LogP contribution in [0, 0.1) is 0 Å². The predicted octanol–water partition coefficient (Wildman–Crippen LogP) is 3.94. The first-order valence-electron chi connectivity index (χ1n) is 5.94. The van der Waals surface area contributed by atoms with Gasteiger partial charge in [-0.3, -0.25) is 0 Å². The van der Waals surface area contributed by atoms with Gasteiger partial charge in [0.2, 0.25) is 6.79 Å². The standard InChI is InChI=1S/C15H10O4/c1-3-12(16-7-1)10-5-6-11(13-4-2-8-17-13)15-14(10)18-9-19-15/h1-8H,9H2. The third kappa shape index (κ3) is 1.53. The zero-order valence-electron chi connectivity index (χ0n) is 9.96. The van der Waals surface area contributed by atoms with Gasteiger partial charge in [-0.25, -0.2) is 0 Å². The molecule has 0 aliphatic carbocycles. The van der Waals surface area contributed by atoms with Crippen molar-refractivity contribution in [3.05, 3.63) is 48.9 Å². The topological polar surface area (TPSA) is 44.7 Å². The normalized spacial score (nSPS) is 12.8. The van der Waals surface area contributed by atoms with Crippen LogP contribution in [0.25, 0.3) is 22.6 Å². The lowest BCUT2D eigenvalue weighted by atomic mass is 10.1. The molecule has 1 aromatic carbocycles. The van der Waals surface area contributed by atoms with Crippen LogP contribution in [0.5, 0.6) is 11.5 Å². The van der Waals surface area contributed by atoms with Crippen molar-refractivity contribution in [1.82, 2.24) is 0 Å². The maximum atomic E-state index is 5.57. The molecule has 19 heavy (non-hydrogen) atoms. The fourth-order valence-electron chi connectivity index (χ4n) is 2.25. The van der Waals surface area contributed by atoms with Crippen molar-refractivity contribution in [2.45, 2.75) is 0 Å². The molecule has 0 fully saturated rings. The Labute approximate surface area is 109 Å². The summed E-state index contributed by atoms with van der Waals surface area (Å²) in [5.74, 6) is 2.91. The fraction of sp³-hybridized carbons (Fsp3) is 0.0667. The van der Waals surface area contributed by atoms with Gasteiger partial charge in [-0.05, 0) is 36.4 Å². The number of fused-ring (bicyclic) bond motifs is 1. The van der Waals surface area contributed by atoms with Crippen molar-refractivity contribution in [2.75, 3.05) is 6.79 Å². The second-order valence-corrected chi connectivity index (χ2v) is 4.18. The SMILES string of the molecule is c1coc(-c2ccc(-c3ccco3)c3c2OCO3)c1. The van der Waals surface area contributed by atoms with Gasteiger partial charge in [-0.1, -0.05) is 0 Å². The molecule has 0 bridgehead atoms. The van der Waals surface area contributed by atoms with Gasteiger partial charge < -0.3 is 18.3 Å². The molecule has 4 heteroatoms. The van der Waals surface area contributed by atoms with E-state index in [4.69, 9.17) is 18.3 Å². The smallest absolute Gasteiger partial charge is 0.231 e. The molecule has 0 saturated carbocycles. The van der Waals surface area contributed by atoms with Crippen LogP contribution in [0.1, 0.15) is 0 Å². The van der Waals surface area contributed by atoms with E-state index < -0.39 is 0 Å². The molecular formula is C15H10O4. The van der Waals surface area contributed by atoms with E-state index in [1.165, 1.54) is 0 Å². The Bertz CT molecular complexity index is 635. The number of ether oxygens (including phenoxy) is 2. The molecule has 0 atom stereocenters. The van der Waals surface area contributed by atoms with Gasteiger partial charge in [0.25, 0.3) is 0 Å². The monoisotopic (exact) mass is 254 g/mol. The zero-order valence-corrected chi connectivity index (χ0v) is 9.96. The number of hydrogen-bond acceptors (Lipinski definition) is 4. The molecule has 1 aliphatic heterocycles. The lowest BCUT2D eigenvalue weighted by molar-refractivity contribution is 0.174. The van der Waals surface area contributed by atoms with E-state index in [0.29, 0.717) is 11.5 Å². The molecule has 2 aromatic heterocycles. The van der Waals surface area contributed by atoms with Crippen molar-refractivity contribution in [3.63, 3.8) is 0 Å². The summed E-state index contributed by atoms with van der Waals surface area (Å²) >= 11 is 0. The minimum Gasteiger partial charge on any atom is -0.464 e. The van der Waals surface area contributed by atoms with Crippen LogP contribution in [-0.4, -0.2) is 6.79 Å². The Balaban J connectivity index is 1.92. The fourth-order valence-corrected chi connectivity index (χ4v) is 2.25. The summed E-state index contributed by atoms with van der Waals surface area (Å²) in [6.07, 6.45) is 3.27. The molecule has 94 valence electrons. The highest BCUT2D eigenvalue weighted by Crippen LogP contribution is 2.47. The summed E-state index contributed by atoms with van der Waals surface area (Å²) in [6, 6.07) is 11.4. The van der Waals surface area contributed by atoms with E-state index in [1.807, 2.05) is 36.4 Å². The lowest BCUT2D eigenvalue weighted by Gasteiger charge is -2.06. The molecule has 0 unspecified atom stereocenters. The Kier molecular flexibility index (Phi) is 2.14. The third-order valence-electron chi connectivity index (χ3n) is 3.09. The average molecular weight is 254 g/mol. The Morgan fingerprint density at radius 3 is 1.63 bits per heavy atom. The Morgan fingerprint density at radius 1 is 0.684 bits per heavy atom. The first kappa shape index (κ1) is 10.3. The first-order chi connectivity index (χ1) is 9.43. The molecule has 4 rings (SSSR count). The summed E-state index contributed by atoms with van der Waals surface area (Å²) in [4.78, 5) is 0. The number of furan rings is 2. The summed E-state index contributed by atoms with van der Waals surface area (Å²) < 4.78 is 22.0. The van der Waals surface area contributed by atoms with Crippen LogP contribution >= 0.6 is 0 Å². The highest BCUT2D eigenvalue weighted by atomic mass is 16.7. The first-order valence-corrected chi connectivity index (χ1v) is 5.94. The van der Waals surface area contributed by atoms with Crippen LogP contribution in [0.3, 0.4) is 0 Å². The number of rotatable bonds is 2. The Morgan fingerprint density at radius 2 is 1.21 bits per heavy atom. The summed E-state index contributed by atoms with van der Waals surface area (Å²) in [5, 5.41) is 0. The summed E-state index contributed by atoms with van der Waals surface area (Å²) in [5.41, 5.74) is 1.76. The highest BCUT2D eigenvalue weighted by Gasteiger charge is 2.25. The van der Waals surface area contributed by atoms with Gasteiger partial charge in [0.05, 0.1) is 23.7 Å². The molecule has 0 radical (unpaired) electrons. The van der Waals surface area contributed by atoms with Crippen LogP contribution in [-0.2, 0) is 0 Å². The van der Waals surface area contributed by atoms with Crippen molar-refractivity contribution < 1.29 is 18.3 Å². The van der Waals surface area contributed by atoms with Gasteiger partial charge in [0.1, 0.15) is 11.5 Å². The minimum absolute atomic E-state index is 0.209. The predicted molar refractivity (Wildman–Crippen MR) is 68.0 cm³/mol. The van der Waals surface area contributed by atoms with Crippen molar-refractivity contribution in [1.29, 1.82) is 0 Å². The Hall–Kier alpha value is -2.62. The second kappa shape index (κ2) is 3.95. The third-order valence-corrected chi connectivity index (χ3v) is 3.09. The molecular weight excluding hydrogens is 244 g/mol. The molecule has 0 amide bonds. The molecule has 0 spiro atoms. The van der Waals surface area contributed by atoms with E-state index >= 15 is 0 Å². The number of hydrogen-bond donors (Lipinski definition) is 0. The number of benzene rings is 1. The van der Waals surface area contributed by atoms with Gasteiger partial charge in [-0.2, -0.15) is 0 Å². The molecule has 1 aliphatic rings. The van der Waals surface area contributed by atoms with Crippen LogP contribution in [0.4, 0.5) is 0 Å². The van der Waals surface area contributed by atoms with Crippen molar-refractivity contribution >= 4 is 0 Å². The lowest BCUT2D eigenvalue weighted by Crippen LogP contribution is -1.93. The van der Waals surface area contributed by atoms with Crippen LogP contribution in [0.15, 0.2) is 57.8 Å². The molecule has 0 N–H and O–H groups in total. The maximum Gasteiger partial charge on any atom is 0.231 e. The van der Waals surface area contributed by atoms with Gasteiger partial charge in [0, 0.05) is 0 Å². The van der Waals surface area contributed by atoms with Gasteiger partial charge in [-0.15, -0.1) is 0 Å². The molecule has 3 heterocycles. The summed E-state index contributed by atoms with van der Waals surface area (Å²) in [7, 11) is 0. The average Bonchev–Trinajstić information content (AvgIpc) is 3.19. The maximum absolute atomic E-state index is 5.57. The quantitative estimate of drug-likeness (QED) is 0.695. The zero-order chi connectivity index (χ0) is 12.7. The van der Waals surface area contributed by atoms with Crippen LogP contribution < -0.4 is 9.47 Å². The molecule has 3 aromatic rings. The van der Waals surface area contributed by atoms with Gasteiger partial charge >= 0.3 is 0 Å². The van der Waals surface area contributed by atoms with Crippen molar-refractivity contribution in [3.8, 4) is 34.1 Å². The minimum atomic E-state index is 0.209. The van der Waals surface area contributed by atoms with Gasteiger partial charge in [0.15, 0.2) is 11.5 Å². The van der Waals surface area contributed by atoms with E-state index in [9.17, 15) is 0 Å². The van der Waals surface area contributed by atoms with Crippen LogP contribution in [0.2, 0.25) is 0 Å². The molecule has 4 nitrogen and oxygen atoms in total. The highest BCUT2D eigenvalue weighted by molar-refractivity contribution is 5.80. The van der Waals surface area contributed by atoms with E-state index in [-0.39, 0.29) is 6.79 Å². The molecule has 0 saturated heterocycles. The largest absolute Gasteiger partial charge is 0.464 e. The van der Waals surface area contributed by atoms with E-state index in [1.54, 1.807) is 12.5 Å². The van der Waals surface area contributed by atoms with E-state index in [0.717, 1.165) is 22.6 Å². The summed E-state index contributed by atoms with van der Waals surface area (Å²) in [6.45, 7) is 0.209. The van der Waals surface area contributed by atoms with E-state index in [2.05, 4.69) is 0 Å². The van der Waals surface area contributed by atoms with Crippen molar-refractivity contribution in [2.24, 2.45) is 0 Å². The second-order valence-electron chi connectivity index (χ2n) is 4.18.